The van der Waals surface area contributed by atoms with Crippen LogP contribution in [0.15, 0.2) is 29.6 Å². The van der Waals surface area contributed by atoms with Crippen LogP contribution in [0.4, 0.5) is 5.13 Å². The van der Waals surface area contributed by atoms with Crippen molar-refractivity contribution in [2.45, 2.75) is 39.2 Å². The topological polar surface area (TPSA) is 90.4 Å². The Labute approximate surface area is 182 Å². The van der Waals surface area contributed by atoms with Crippen molar-refractivity contribution < 1.29 is 19.1 Å². The molecule has 1 amide bonds. The van der Waals surface area contributed by atoms with Gasteiger partial charge in [0.2, 0.25) is 0 Å². The molecule has 1 aliphatic carbocycles. The van der Waals surface area contributed by atoms with Gasteiger partial charge in [-0.2, -0.15) is 0 Å². The lowest BCUT2D eigenvalue weighted by atomic mass is 10.1. The quantitative estimate of drug-likeness (QED) is 0.547. The molecule has 3 aromatic rings. The van der Waals surface area contributed by atoms with Gasteiger partial charge in [0.25, 0.3) is 5.91 Å². The van der Waals surface area contributed by atoms with Crippen molar-refractivity contribution in [3.8, 4) is 5.75 Å². The van der Waals surface area contributed by atoms with Crippen LogP contribution in [0, 0.1) is 6.92 Å². The zero-order valence-corrected chi connectivity index (χ0v) is 18.3. The standard InChI is InChI=1S/C21H21N3O4S2/c1-3-27-20(26)15-8-9-16-18(15)23-21(30-16)24-19(25)13-4-6-14(7-5-13)28-10-17-22-12(2)11-29-17/h4-7,11,15H,3,8-10H2,1-2H3,(H,23,24,25). The summed E-state index contributed by atoms with van der Waals surface area (Å²) in [7, 11) is 0. The van der Waals surface area contributed by atoms with Crippen LogP contribution in [0.1, 0.15) is 50.9 Å². The minimum atomic E-state index is -0.333. The number of anilines is 1. The van der Waals surface area contributed by atoms with Crippen LogP contribution in [-0.2, 0) is 22.6 Å². The fourth-order valence-corrected chi connectivity index (χ4v) is 4.96. The van der Waals surface area contributed by atoms with Crippen LogP contribution < -0.4 is 10.1 Å². The first-order valence-electron chi connectivity index (χ1n) is 9.65. The highest BCUT2D eigenvalue weighted by atomic mass is 32.1. The summed E-state index contributed by atoms with van der Waals surface area (Å²) in [5.41, 5.74) is 2.21. The zero-order chi connectivity index (χ0) is 21.1. The van der Waals surface area contributed by atoms with Gasteiger partial charge in [-0.3, -0.25) is 14.9 Å². The van der Waals surface area contributed by atoms with Crippen molar-refractivity contribution >= 4 is 39.7 Å². The number of amides is 1. The molecule has 0 bridgehead atoms. The molecule has 0 spiro atoms. The molecule has 0 saturated carbocycles. The van der Waals surface area contributed by atoms with Gasteiger partial charge in [-0.1, -0.05) is 0 Å². The highest BCUT2D eigenvalue weighted by Gasteiger charge is 2.33. The maximum absolute atomic E-state index is 12.6. The number of nitrogens with one attached hydrogen (secondary N) is 1. The minimum absolute atomic E-state index is 0.247. The van der Waals surface area contributed by atoms with Crippen LogP contribution in [0.2, 0.25) is 0 Å². The van der Waals surface area contributed by atoms with Crippen molar-refractivity contribution in [2.75, 3.05) is 11.9 Å². The Balaban J connectivity index is 1.36. The zero-order valence-electron chi connectivity index (χ0n) is 16.6. The lowest BCUT2D eigenvalue weighted by Crippen LogP contribution is -2.15. The number of benzene rings is 1. The molecule has 2 aromatic heterocycles. The van der Waals surface area contributed by atoms with Gasteiger partial charge in [0, 0.05) is 21.5 Å². The van der Waals surface area contributed by atoms with Gasteiger partial charge in [0.05, 0.1) is 12.3 Å². The van der Waals surface area contributed by atoms with E-state index in [2.05, 4.69) is 15.3 Å². The van der Waals surface area contributed by atoms with Gasteiger partial charge in [-0.05, 0) is 51.0 Å². The minimum Gasteiger partial charge on any atom is -0.486 e. The number of aryl methyl sites for hydroxylation is 2. The van der Waals surface area contributed by atoms with Crippen LogP contribution in [0.25, 0.3) is 0 Å². The molecule has 2 heterocycles. The molecule has 1 N–H and O–H groups in total. The summed E-state index contributed by atoms with van der Waals surface area (Å²) in [5, 5.41) is 6.22. The SMILES string of the molecule is CCOC(=O)C1CCc2sc(NC(=O)c3ccc(OCc4nc(C)cs4)cc3)nc21. The lowest BCUT2D eigenvalue weighted by Gasteiger charge is -2.08. The average Bonchev–Trinajstić information content (AvgIpc) is 3.42. The summed E-state index contributed by atoms with van der Waals surface area (Å²) in [5.74, 6) is -0.162. The summed E-state index contributed by atoms with van der Waals surface area (Å²) < 4.78 is 10.8. The van der Waals surface area contributed by atoms with Gasteiger partial charge in [0.15, 0.2) is 5.13 Å². The van der Waals surface area contributed by atoms with Gasteiger partial charge < -0.3 is 9.47 Å². The lowest BCUT2D eigenvalue weighted by molar-refractivity contribution is -0.145. The second-order valence-electron chi connectivity index (χ2n) is 6.82. The van der Waals surface area contributed by atoms with Crippen molar-refractivity contribution in [1.29, 1.82) is 0 Å². The number of hydrogen-bond acceptors (Lipinski definition) is 8. The molecule has 1 atom stereocenters. The molecule has 0 radical (unpaired) electrons. The van der Waals surface area contributed by atoms with Gasteiger partial charge >= 0.3 is 5.97 Å². The molecule has 0 saturated heterocycles. The van der Waals surface area contributed by atoms with Gasteiger partial charge in [-0.25, -0.2) is 9.97 Å². The van der Waals surface area contributed by atoms with Crippen LogP contribution in [0.3, 0.4) is 0 Å². The number of esters is 1. The highest BCUT2D eigenvalue weighted by molar-refractivity contribution is 7.16. The molecule has 30 heavy (non-hydrogen) atoms. The number of nitrogens with zero attached hydrogens (tertiary/aromatic N) is 2. The van der Waals surface area contributed by atoms with E-state index in [9.17, 15) is 9.59 Å². The second kappa shape index (κ2) is 8.93. The number of thiazole rings is 2. The summed E-state index contributed by atoms with van der Waals surface area (Å²) in [6.07, 6.45) is 1.49. The Morgan fingerprint density at radius 2 is 2.03 bits per heavy atom. The van der Waals surface area contributed by atoms with Crippen LogP contribution >= 0.6 is 22.7 Å². The molecule has 0 aliphatic heterocycles. The van der Waals surface area contributed by atoms with E-state index in [0.29, 0.717) is 36.1 Å². The van der Waals surface area contributed by atoms with E-state index in [-0.39, 0.29) is 17.8 Å². The third-order valence-electron chi connectivity index (χ3n) is 4.65. The second-order valence-corrected chi connectivity index (χ2v) is 8.85. The van der Waals surface area contributed by atoms with E-state index in [4.69, 9.17) is 9.47 Å². The number of rotatable bonds is 7. The predicted molar refractivity (Wildman–Crippen MR) is 115 cm³/mol. The molecule has 1 aromatic carbocycles. The van der Waals surface area contributed by atoms with Crippen LogP contribution in [-0.4, -0.2) is 28.5 Å². The number of ether oxygens (including phenoxy) is 2. The molecule has 156 valence electrons. The molecular weight excluding hydrogens is 422 g/mol. The number of carbonyl (C=O) groups excluding carboxylic acids is 2. The fraction of sp³-hybridized carbons (Fsp3) is 0.333. The first-order chi connectivity index (χ1) is 14.5. The smallest absolute Gasteiger partial charge is 0.315 e. The average molecular weight is 444 g/mol. The van der Waals surface area contributed by atoms with E-state index < -0.39 is 0 Å². The summed E-state index contributed by atoms with van der Waals surface area (Å²) in [6.45, 7) is 4.48. The van der Waals surface area contributed by atoms with E-state index in [1.807, 2.05) is 12.3 Å². The number of hydrogen-bond donors (Lipinski definition) is 1. The Morgan fingerprint density at radius 3 is 2.73 bits per heavy atom. The first kappa shape index (κ1) is 20.5. The summed E-state index contributed by atoms with van der Waals surface area (Å²) in [6, 6.07) is 6.93. The maximum Gasteiger partial charge on any atom is 0.315 e. The molecule has 1 unspecified atom stereocenters. The van der Waals surface area contributed by atoms with Gasteiger partial charge in [-0.15, -0.1) is 22.7 Å². The Bertz CT molecular complexity index is 1060. The molecular formula is C21H21N3O4S2. The van der Waals surface area contributed by atoms with E-state index in [1.54, 1.807) is 42.5 Å². The largest absolute Gasteiger partial charge is 0.486 e. The normalized spacial score (nSPS) is 14.9. The molecule has 1 aliphatic rings. The Kier molecular flexibility index (Phi) is 6.10. The number of fused-ring (bicyclic) bond motifs is 1. The van der Waals surface area contributed by atoms with E-state index >= 15 is 0 Å². The van der Waals surface area contributed by atoms with E-state index in [1.165, 1.54) is 11.3 Å². The van der Waals surface area contributed by atoms with Gasteiger partial charge in [0.1, 0.15) is 23.3 Å². The molecule has 0 fully saturated rings. The van der Waals surface area contributed by atoms with Crippen LogP contribution in [0.5, 0.6) is 5.75 Å². The fourth-order valence-electron chi connectivity index (χ4n) is 3.24. The van der Waals surface area contributed by atoms with Crippen molar-refractivity contribution in [3.05, 3.63) is 56.5 Å². The Hall–Kier alpha value is -2.78. The maximum atomic E-state index is 12.6. The summed E-state index contributed by atoms with van der Waals surface area (Å²) >= 11 is 2.97. The Morgan fingerprint density at radius 1 is 1.23 bits per heavy atom. The molecule has 9 heteroatoms. The van der Waals surface area contributed by atoms with Crippen molar-refractivity contribution in [2.24, 2.45) is 0 Å². The highest BCUT2D eigenvalue weighted by Crippen LogP contribution is 2.39. The molecule has 7 nitrogen and oxygen atoms in total. The molecule has 4 rings (SSSR count). The number of carbonyl (C=O) groups is 2. The van der Waals surface area contributed by atoms with Crippen molar-refractivity contribution in [1.82, 2.24) is 9.97 Å². The van der Waals surface area contributed by atoms with E-state index in [0.717, 1.165) is 27.7 Å². The monoisotopic (exact) mass is 443 g/mol. The van der Waals surface area contributed by atoms with Crippen molar-refractivity contribution in [3.63, 3.8) is 0 Å². The third-order valence-corrected chi connectivity index (χ3v) is 6.64. The predicted octanol–water partition coefficient (Wildman–Crippen LogP) is 4.33. The first-order valence-corrected chi connectivity index (χ1v) is 11.3. The number of aromatic nitrogens is 2. The third kappa shape index (κ3) is 4.52. The summed E-state index contributed by atoms with van der Waals surface area (Å²) in [4.78, 5) is 34.5.